The van der Waals surface area contributed by atoms with E-state index in [0.717, 1.165) is 31.7 Å². The summed E-state index contributed by atoms with van der Waals surface area (Å²) in [7, 11) is 0. The molecule has 4 nitrogen and oxygen atoms in total. The SMILES string of the molecule is CC1c2cccn2CCN1CC(=O)N1CCc2ccccc21. The number of aromatic nitrogens is 1. The van der Waals surface area contributed by atoms with Crippen molar-refractivity contribution in [2.24, 2.45) is 0 Å². The zero-order valence-electron chi connectivity index (χ0n) is 12.9. The molecule has 0 saturated carbocycles. The second-order valence-electron chi connectivity index (χ2n) is 6.20. The molecule has 0 saturated heterocycles. The number of benzene rings is 1. The van der Waals surface area contributed by atoms with Crippen LogP contribution in [0, 0.1) is 0 Å². The van der Waals surface area contributed by atoms with Crippen molar-refractivity contribution in [2.45, 2.75) is 25.9 Å². The highest BCUT2D eigenvalue weighted by atomic mass is 16.2. The van der Waals surface area contributed by atoms with Gasteiger partial charge in [0, 0.05) is 43.3 Å². The van der Waals surface area contributed by atoms with Crippen molar-refractivity contribution >= 4 is 11.6 Å². The first-order valence-electron chi connectivity index (χ1n) is 8.01. The summed E-state index contributed by atoms with van der Waals surface area (Å²) in [5, 5.41) is 0. The van der Waals surface area contributed by atoms with Gasteiger partial charge in [-0.25, -0.2) is 0 Å². The Morgan fingerprint density at radius 1 is 1.14 bits per heavy atom. The number of hydrogen-bond acceptors (Lipinski definition) is 2. The fourth-order valence-electron chi connectivity index (χ4n) is 3.70. The molecule has 0 N–H and O–H groups in total. The van der Waals surface area contributed by atoms with Gasteiger partial charge in [-0.1, -0.05) is 18.2 Å². The number of nitrogens with zero attached hydrogens (tertiary/aromatic N) is 3. The lowest BCUT2D eigenvalue weighted by Gasteiger charge is -2.35. The fraction of sp³-hybridized carbons (Fsp3) is 0.389. The van der Waals surface area contributed by atoms with Gasteiger partial charge in [-0.05, 0) is 37.1 Å². The van der Waals surface area contributed by atoms with Gasteiger partial charge in [0.1, 0.15) is 0 Å². The summed E-state index contributed by atoms with van der Waals surface area (Å²) in [6, 6.07) is 12.8. The van der Waals surface area contributed by atoms with E-state index in [4.69, 9.17) is 0 Å². The molecule has 114 valence electrons. The Morgan fingerprint density at radius 2 is 2.00 bits per heavy atom. The van der Waals surface area contributed by atoms with Crippen molar-refractivity contribution in [3.63, 3.8) is 0 Å². The number of amides is 1. The molecule has 0 fully saturated rings. The topological polar surface area (TPSA) is 28.5 Å². The van der Waals surface area contributed by atoms with Crippen molar-refractivity contribution < 1.29 is 4.79 Å². The van der Waals surface area contributed by atoms with Gasteiger partial charge in [-0.2, -0.15) is 0 Å². The molecule has 22 heavy (non-hydrogen) atoms. The predicted octanol–water partition coefficient (Wildman–Crippen LogP) is 2.45. The molecular formula is C18H21N3O. The third kappa shape index (κ3) is 2.15. The average molecular weight is 295 g/mol. The molecule has 0 spiro atoms. The highest BCUT2D eigenvalue weighted by Crippen LogP contribution is 2.29. The Morgan fingerprint density at radius 3 is 2.91 bits per heavy atom. The maximum atomic E-state index is 12.7. The Hall–Kier alpha value is -2.07. The average Bonchev–Trinajstić information content (AvgIpc) is 3.16. The van der Waals surface area contributed by atoms with Crippen LogP contribution in [0.5, 0.6) is 0 Å². The fourth-order valence-corrected chi connectivity index (χ4v) is 3.70. The van der Waals surface area contributed by atoms with Crippen LogP contribution in [0.25, 0.3) is 0 Å². The highest BCUT2D eigenvalue weighted by Gasteiger charge is 2.29. The largest absolute Gasteiger partial charge is 0.349 e. The van der Waals surface area contributed by atoms with Crippen LogP contribution in [-0.4, -0.2) is 35.0 Å². The molecule has 2 aromatic rings. The van der Waals surface area contributed by atoms with E-state index in [0.29, 0.717) is 12.6 Å². The Labute approximate surface area is 130 Å². The summed E-state index contributed by atoms with van der Waals surface area (Å²) in [5.41, 5.74) is 3.69. The summed E-state index contributed by atoms with van der Waals surface area (Å²) in [6.45, 7) is 5.41. The number of carbonyl (C=O) groups is 1. The molecule has 2 aliphatic rings. The van der Waals surface area contributed by atoms with Gasteiger partial charge in [0.25, 0.3) is 0 Å². The van der Waals surface area contributed by atoms with Crippen LogP contribution in [0.3, 0.4) is 0 Å². The van der Waals surface area contributed by atoms with E-state index < -0.39 is 0 Å². The van der Waals surface area contributed by atoms with Crippen LogP contribution in [-0.2, 0) is 17.8 Å². The molecule has 0 bridgehead atoms. The highest BCUT2D eigenvalue weighted by molar-refractivity contribution is 5.96. The molecule has 4 rings (SSSR count). The van der Waals surface area contributed by atoms with Crippen LogP contribution in [0.2, 0.25) is 0 Å². The van der Waals surface area contributed by atoms with Crippen LogP contribution in [0.15, 0.2) is 42.6 Å². The zero-order chi connectivity index (χ0) is 15.1. The van der Waals surface area contributed by atoms with E-state index in [1.54, 1.807) is 0 Å². The maximum absolute atomic E-state index is 12.7. The molecule has 3 heterocycles. The number of para-hydroxylation sites is 1. The Kier molecular flexibility index (Phi) is 3.26. The number of carbonyl (C=O) groups excluding carboxylic acids is 1. The zero-order valence-corrected chi connectivity index (χ0v) is 12.9. The smallest absolute Gasteiger partial charge is 0.241 e. The number of fused-ring (bicyclic) bond motifs is 2. The van der Waals surface area contributed by atoms with E-state index in [1.165, 1.54) is 11.3 Å². The first kappa shape index (κ1) is 13.6. The monoisotopic (exact) mass is 295 g/mol. The lowest BCUT2D eigenvalue weighted by atomic mass is 10.1. The predicted molar refractivity (Wildman–Crippen MR) is 86.9 cm³/mol. The Balaban J connectivity index is 1.50. The van der Waals surface area contributed by atoms with E-state index in [2.05, 4.69) is 46.9 Å². The van der Waals surface area contributed by atoms with Crippen LogP contribution < -0.4 is 4.90 Å². The Bertz CT molecular complexity index is 706. The minimum atomic E-state index is 0.219. The van der Waals surface area contributed by atoms with E-state index >= 15 is 0 Å². The van der Waals surface area contributed by atoms with Gasteiger partial charge in [0.2, 0.25) is 5.91 Å². The van der Waals surface area contributed by atoms with Gasteiger partial charge < -0.3 is 9.47 Å². The molecule has 1 amide bonds. The summed E-state index contributed by atoms with van der Waals surface area (Å²) in [6.07, 6.45) is 3.10. The van der Waals surface area contributed by atoms with Gasteiger partial charge in [0.05, 0.1) is 6.54 Å². The van der Waals surface area contributed by atoms with Crippen molar-refractivity contribution in [2.75, 3.05) is 24.5 Å². The van der Waals surface area contributed by atoms with Crippen molar-refractivity contribution in [1.82, 2.24) is 9.47 Å². The third-order valence-corrected chi connectivity index (χ3v) is 5.00. The number of rotatable bonds is 2. The second kappa shape index (κ2) is 5.29. The third-order valence-electron chi connectivity index (χ3n) is 5.00. The van der Waals surface area contributed by atoms with Crippen molar-refractivity contribution in [3.05, 3.63) is 53.9 Å². The van der Waals surface area contributed by atoms with Crippen LogP contribution in [0.1, 0.15) is 24.2 Å². The van der Waals surface area contributed by atoms with E-state index in [1.807, 2.05) is 17.0 Å². The standard InChI is InChI=1S/C18H21N3O/c1-14-16-7-4-9-19(16)11-12-20(14)13-18(22)21-10-8-15-5-2-3-6-17(15)21/h2-7,9,14H,8,10-13H2,1H3. The molecule has 0 aliphatic carbocycles. The minimum Gasteiger partial charge on any atom is -0.349 e. The first-order chi connectivity index (χ1) is 10.7. The normalized spacial score (nSPS) is 20.8. The van der Waals surface area contributed by atoms with Crippen molar-refractivity contribution in [3.8, 4) is 0 Å². The molecule has 0 radical (unpaired) electrons. The lowest BCUT2D eigenvalue weighted by molar-refractivity contribution is -0.120. The van der Waals surface area contributed by atoms with E-state index in [-0.39, 0.29) is 5.91 Å². The first-order valence-corrected chi connectivity index (χ1v) is 8.01. The molecule has 1 atom stereocenters. The molecular weight excluding hydrogens is 274 g/mol. The van der Waals surface area contributed by atoms with E-state index in [9.17, 15) is 4.79 Å². The molecule has 1 aromatic carbocycles. The summed E-state index contributed by atoms with van der Waals surface area (Å²) < 4.78 is 2.29. The summed E-state index contributed by atoms with van der Waals surface area (Å²) in [4.78, 5) is 17.0. The van der Waals surface area contributed by atoms with Gasteiger partial charge in [-0.15, -0.1) is 0 Å². The summed E-state index contributed by atoms with van der Waals surface area (Å²) >= 11 is 0. The molecule has 4 heteroatoms. The van der Waals surface area contributed by atoms with Gasteiger partial charge >= 0.3 is 0 Å². The molecule has 2 aliphatic heterocycles. The lowest BCUT2D eigenvalue weighted by Crippen LogP contribution is -2.44. The number of hydrogen-bond donors (Lipinski definition) is 0. The van der Waals surface area contributed by atoms with Crippen molar-refractivity contribution in [1.29, 1.82) is 0 Å². The second-order valence-corrected chi connectivity index (χ2v) is 6.20. The van der Waals surface area contributed by atoms with Crippen LogP contribution in [0.4, 0.5) is 5.69 Å². The van der Waals surface area contributed by atoms with Crippen LogP contribution >= 0.6 is 0 Å². The maximum Gasteiger partial charge on any atom is 0.241 e. The number of anilines is 1. The molecule has 1 unspecified atom stereocenters. The quantitative estimate of drug-likeness (QED) is 0.851. The molecule has 1 aromatic heterocycles. The minimum absolute atomic E-state index is 0.219. The summed E-state index contributed by atoms with van der Waals surface area (Å²) in [5.74, 6) is 0.219. The van der Waals surface area contributed by atoms with Gasteiger partial charge in [0.15, 0.2) is 0 Å². The van der Waals surface area contributed by atoms with Gasteiger partial charge in [-0.3, -0.25) is 9.69 Å².